The molecule has 1 aliphatic rings. The average molecular weight is 598 g/mol. The van der Waals surface area contributed by atoms with Crippen LogP contribution in [0, 0.1) is 13.8 Å². The Labute approximate surface area is 252 Å². The number of aryl methyl sites for hydroxylation is 2. The van der Waals surface area contributed by atoms with Crippen LogP contribution in [0.5, 0.6) is 11.5 Å². The van der Waals surface area contributed by atoms with Gasteiger partial charge in [-0.2, -0.15) is 0 Å². The summed E-state index contributed by atoms with van der Waals surface area (Å²) in [6, 6.07) is 19.6. The van der Waals surface area contributed by atoms with E-state index in [1.54, 1.807) is 31.2 Å². The third-order valence-corrected chi connectivity index (χ3v) is 8.16. The Morgan fingerprint density at radius 1 is 0.977 bits per heavy atom. The first-order chi connectivity index (χ1) is 20.7. The Morgan fingerprint density at radius 3 is 2.44 bits per heavy atom. The Hall–Kier alpha value is -4.96. The fraction of sp³-hybridized carbons (Fsp3) is 0.212. The molecule has 5 rings (SSSR count). The summed E-state index contributed by atoms with van der Waals surface area (Å²) in [5.41, 5.74) is 4.92. The second-order valence-corrected chi connectivity index (χ2v) is 11.0. The third-order valence-electron chi connectivity index (χ3n) is 7.18. The number of carbonyl (C=O) groups excluding carboxylic acids is 2. The molecule has 1 N–H and O–H groups in total. The van der Waals surface area contributed by atoms with Crippen molar-refractivity contribution in [1.29, 1.82) is 0 Å². The van der Waals surface area contributed by atoms with Crippen LogP contribution in [0.15, 0.2) is 87.8 Å². The van der Waals surface area contributed by atoms with Crippen LogP contribution in [0.1, 0.15) is 35.2 Å². The number of hydrogen-bond donors (Lipinski definition) is 1. The minimum absolute atomic E-state index is 0.206. The molecule has 1 amide bonds. The number of carbonyl (C=O) groups is 2. The summed E-state index contributed by atoms with van der Waals surface area (Å²) in [4.78, 5) is 44.1. The van der Waals surface area contributed by atoms with E-state index in [4.69, 9.17) is 14.2 Å². The molecule has 0 fully saturated rings. The number of methoxy groups -OCH3 is 2. The molecule has 2 heterocycles. The largest absolute Gasteiger partial charge is 0.493 e. The first kappa shape index (κ1) is 29.5. The highest BCUT2D eigenvalue weighted by Crippen LogP contribution is 2.31. The molecule has 4 aromatic rings. The zero-order valence-corrected chi connectivity index (χ0v) is 25.3. The third kappa shape index (κ3) is 6.14. The number of amides is 1. The van der Waals surface area contributed by atoms with E-state index in [1.807, 2.05) is 62.4 Å². The maximum absolute atomic E-state index is 13.8. The van der Waals surface area contributed by atoms with Gasteiger partial charge in [-0.25, -0.2) is 9.79 Å². The van der Waals surface area contributed by atoms with Crippen LogP contribution >= 0.6 is 11.3 Å². The van der Waals surface area contributed by atoms with Gasteiger partial charge in [-0.1, -0.05) is 53.8 Å². The van der Waals surface area contributed by atoms with Crippen LogP contribution in [0.4, 0.5) is 5.69 Å². The lowest BCUT2D eigenvalue weighted by atomic mass is 9.96. The van der Waals surface area contributed by atoms with Gasteiger partial charge in [0.15, 0.2) is 22.9 Å². The number of hydrogen-bond acceptors (Lipinski definition) is 8. The normalized spacial score (nSPS) is 14.5. The average Bonchev–Trinajstić information content (AvgIpc) is 3.31. The van der Waals surface area contributed by atoms with Gasteiger partial charge in [0.1, 0.15) is 0 Å². The second-order valence-electron chi connectivity index (χ2n) is 10.0. The Bertz CT molecular complexity index is 1920. The summed E-state index contributed by atoms with van der Waals surface area (Å²) in [5.74, 6) is -0.0392. The number of fused-ring (bicyclic) bond motifs is 1. The molecule has 0 spiro atoms. The van der Waals surface area contributed by atoms with Gasteiger partial charge in [0.05, 0.1) is 36.1 Å². The Kier molecular flexibility index (Phi) is 8.58. The first-order valence-electron chi connectivity index (χ1n) is 13.5. The molecule has 1 aliphatic heterocycles. The molecule has 1 aromatic heterocycles. The minimum atomic E-state index is -0.674. The van der Waals surface area contributed by atoms with Crippen molar-refractivity contribution in [3.63, 3.8) is 0 Å². The number of allylic oxidation sites excluding steroid dienone is 1. The zero-order valence-electron chi connectivity index (χ0n) is 24.5. The van der Waals surface area contributed by atoms with Crippen molar-refractivity contribution in [2.24, 2.45) is 4.99 Å². The lowest BCUT2D eigenvalue weighted by Gasteiger charge is -2.24. The molecular formula is C33H31N3O6S. The highest BCUT2D eigenvalue weighted by Gasteiger charge is 2.32. The van der Waals surface area contributed by atoms with E-state index in [1.165, 1.54) is 30.1 Å². The monoisotopic (exact) mass is 597 g/mol. The number of nitrogens with zero attached hydrogens (tertiary/aromatic N) is 2. The summed E-state index contributed by atoms with van der Waals surface area (Å²) in [5, 5.41) is 2.84. The quantitative estimate of drug-likeness (QED) is 0.307. The van der Waals surface area contributed by atoms with E-state index < -0.39 is 12.0 Å². The van der Waals surface area contributed by atoms with Crippen LogP contribution in [0.2, 0.25) is 0 Å². The van der Waals surface area contributed by atoms with E-state index in [9.17, 15) is 14.4 Å². The van der Waals surface area contributed by atoms with Crippen LogP contribution < -0.4 is 29.7 Å². The topological polar surface area (TPSA) is 108 Å². The minimum Gasteiger partial charge on any atom is -0.493 e. The van der Waals surface area contributed by atoms with Gasteiger partial charge in [-0.05, 0) is 73.4 Å². The maximum atomic E-state index is 13.8. The SMILES string of the molecule is COC(=O)C1=C(C)N=c2sc(=Cc3ccc(OCC(=O)Nc4ccc(C)c(C)c4)c(OC)c3)c(=O)n2C1c1ccccc1. The van der Waals surface area contributed by atoms with Crippen molar-refractivity contribution >= 4 is 35.0 Å². The molecule has 1 atom stereocenters. The van der Waals surface area contributed by atoms with Crippen molar-refractivity contribution in [3.8, 4) is 11.5 Å². The molecule has 9 nitrogen and oxygen atoms in total. The summed E-state index contributed by atoms with van der Waals surface area (Å²) >= 11 is 1.23. The molecule has 3 aromatic carbocycles. The van der Waals surface area contributed by atoms with Crippen LogP contribution in [-0.4, -0.2) is 37.3 Å². The predicted molar refractivity (Wildman–Crippen MR) is 165 cm³/mol. The second kappa shape index (κ2) is 12.5. The number of ether oxygens (including phenoxy) is 3. The lowest BCUT2D eigenvalue weighted by Crippen LogP contribution is -2.39. The van der Waals surface area contributed by atoms with E-state index in [2.05, 4.69) is 10.3 Å². The number of benzene rings is 3. The van der Waals surface area contributed by atoms with Crippen LogP contribution in [0.25, 0.3) is 6.08 Å². The standard InChI is InChI=1S/C33H31N3O6S/c1-19-11-13-24(15-20(19)2)35-28(37)18-42-25-14-12-22(16-26(25)40-4)17-27-31(38)36-30(23-9-7-6-8-10-23)29(32(39)41-5)21(3)34-33(36)43-27/h6-17,30H,18H2,1-5H3,(H,35,37). The van der Waals surface area contributed by atoms with Crippen LogP contribution in [0.3, 0.4) is 0 Å². The van der Waals surface area contributed by atoms with E-state index in [0.29, 0.717) is 43.4 Å². The van der Waals surface area contributed by atoms with E-state index in [0.717, 1.165) is 16.7 Å². The number of anilines is 1. The summed E-state index contributed by atoms with van der Waals surface area (Å²) in [6.07, 6.45) is 1.74. The molecule has 0 aliphatic carbocycles. The number of rotatable bonds is 8. The number of aromatic nitrogens is 1. The Morgan fingerprint density at radius 2 is 1.74 bits per heavy atom. The van der Waals surface area contributed by atoms with Gasteiger partial charge in [-0.15, -0.1) is 0 Å². The van der Waals surface area contributed by atoms with Crippen molar-refractivity contribution in [2.75, 3.05) is 26.1 Å². The fourth-order valence-electron chi connectivity index (χ4n) is 4.85. The molecule has 0 bridgehead atoms. The first-order valence-corrected chi connectivity index (χ1v) is 14.4. The van der Waals surface area contributed by atoms with E-state index in [-0.39, 0.29) is 18.1 Å². The molecule has 10 heteroatoms. The highest BCUT2D eigenvalue weighted by atomic mass is 32.1. The van der Waals surface area contributed by atoms with Crippen LogP contribution in [-0.2, 0) is 14.3 Å². The molecule has 1 unspecified atom stereocenters. The molecular weight excluding hydrogens is 566 g/mol. The van der Waals surface area contributed by atoms with Gasteiger partial charge in [0, 0.05) is 5.69 Å². The molecule has 0 radical (unpaired) electrons. The molecule has 0 saturated heterocycles. The summed E-state index contributed by atoms with van der Waals surface area (Å²) in [6.45, 7) is 5.53. The zero-order chi connectivity index (χ0) is 30.7. The summed E-state index contributed by atoms with van der Waals surface area (Å²) < 4.78 is 18.3. The highest BCUT2D eigenvalue weighted by molar-refractivity contribution is 7.07. The smallest absolute Gasteiger partial charge is 0.338 e. The van der Waals surface area contributed by atoms with E-state index >= 15 is 0 Å². The van der Waals surface area contributed by atoms with Crippen molar-refractivity contribution in [3.05, 3.63) is 120 Å². The maximum Gasteiger partial charge on any atom is 0.338 e. The summed E-state index contributed by atoms with van der Waals surface area (Å²) in [7, 11) is 2.82. The van der Waals surface area contributed by atoms with Crippen molar-refractivity contribution in [1.82, 2.24) is 4.57 Å². The van der Waals surface area contributed by atoms with Gasteiger partial charge >= 0.3 is 5.97 Å². The number of thiazole rings is 1. The Balaban J connectivity index is 1.43. The van der Waals surface area contributed by atoms with Crippen molar-refractivity contribution < 1.29 is 23.8 Å². The number of nitrogens with one attached hydrogen (secondary N) is 1. The number of esters is 1. The molecule has 43 heavy (non-hydrogen) atoms. The van der Waals surface area contributed by atoms with Gasteiger partial charge in [0.25, 0.3) is 11.5 Å². The molecule has 0 saturated carbocycles. The molecule has 220 valence electrons. The van der Waals surface area contributed by atoms with Gasteiger partial charge in [0.2, 0.25) is 0 Å². The van der Waals surface area contributed by atoms with Gasteiger partial charge in [-0.3, -0.25) is 14.2 Å². The van der Waals surface area contributed by atoms with Gasteiger partial charge < -0.3 is 19.5 Å². The fourth-order valence-corrected chi connectivity index (χ4v) is 5.89. The lowest BCUT2D eigenvalue weighted by molar-refractivity contribution is -0.136. The predicted octanol–water partition coefficient (Wildman–Crippen LogP) is 4.05. The van der Waals surface area contributed by atoms with Crippen molar-refractivity contribution in [2.45, 2.75) is 26.8 Å².